The molecule has 0 bridgehead atoms. The summed E-state index contributed by atoms with van der Waals surface area (Å²) in [6.45, 7) is 7.96. The van der Waals surface area contributed by atoms with Crippen molar-refractivity contribution in [2.45, 2.75) is 39.7 Å². The van der Waals surface area contributed by atoms with Crippen molar-refractivity contribution in [3.8, 4) is 11.4 Å². The number of aromatic carboxylic acids is 1. The minimum absolute atomic E-state index is 0.0730. The van der Waals surface area contributed by atoms with Gasteiger partial charge in [-0.2, -0.15) is 0 Å². The topological polar surface area (TPSA) is 75.1 Å². The van der Waals surface area contributed by atoms with Gasteiger partial charge >= 0.3 is 5.97 Å². The number of anilines is 1. The standard InChI is InChI=1S/C17H21N3O2/c1-5-11-6-8-12(9-7-11)14-18-10-13(16(21)22)15(19-14)20-17(2,3)4/h6-10H,5H2,1-4H3,(H,21,22)(H,18,19,20). The lowest BCUT2D eigenvalue weighted by atomic mass is 10.1. The zero-order valence-electron chi connectivity index (χ0n) is 13.3. The second-order valence-electron chi connectivity index (χ2n) is 6.19. The molecule has 22 heavy (non-hydrogen) atoms. The van der Waals surface area contributed by atoms with E-state index in [9.17, 15) is 9.90 Å². The number of aromatic nitrogens is 2. The van der Waals surface area contributed by atoms with E-state index in [1.54, 1.807) is 0 Å². The Labute approximate surface area is 130 Å². The second kappa shape index (κ2) is 6.13. The normalized spacial score (nSPS) is 11.3. The summed E-state index contributed by atoms with van der Waals surface area (Å²) in [4.78, 5) is 19.9. The Bertz CT molecular complexity index is 673. The van der Waals surface area contributed by atoms with E-state index in [1.165, 1.54) is 11.8 Å². The molecule has 0 aliphatic carbocycles. The Morgan fingerprint density at radius 3 is 2.36 bits per heavy atom. The van der Waals surface area contributed by atoms with Gasteiger partial charge in [-0.3, -0.25) is 0 Å². The maximum atomic E-state index is 11.3. The van der Waals surface area contributed by atoms with Crippen molar-refractivity contribution < 1.29 is 9.90 Å². The number of aryl methyl sites for hydroxylation is 1. The Morgan fingerprint density at radius 2 is 1.86 bits per heavy atom. The molecule has 1 aromatic heterocycles. The molecule has 0 aliphatic heterocycles. The van der Waals surface area contributed by atoms with Crippen LogP contribution in [0.25, 0.3) is 11.4 Å². The van der Waals surface area contributed by atoms with Crippen molar-refractivity contribution in [3.05, 3.63) is 41.6 Å². The van der Waals surface area contributed by atoms with Crippen LogP contribution in [0.15, 0.2) is 30.5 Å². The number of nitrogens with one attached hydrogen (secondary N) is 1. The summed E-state index contributed by atoms with van der Waals surface area (Å²) in [6, 6.07) is 7.96. The summed E-state index contributed by atoms with van der Waals surface area (Å²) >= 11 is 0. The second-order valence-corrected chi connectivity index (χ2v) is 6.19. The van der Waals surface area contributed by atoms with E-state index >= 15 is 0 Å². The Morgan fingerprint density at radius 1 is 1.23 bits per heavy atom. The summed E-state index contributed by atoms with van der Waals surface area (Å²) in [5, 5.41) is 12.4. The number of benzene rings is 1. The fraction of sp³-hybridized carbons (Fsp3) is 0.353. The van der Waals surface area contributed by atoms with Crippen LogP contribution in [0.1, 0.15) is 43.6 Å². The number of rotatable bonds is 4. The number of carboxylic acids is 1. The highest BCUT2D eigenvalue weighted by Gasteiger charge is 2.19. The van der Waals surface area contributed by atoms with Gasteiger partial charge in [-0.15, -0.1) is 0 Å². The van der Waals surface area contributed by atoms with Crippen molar-refractivity contribution in [1.82, 2.24) is 9.97 Å². The van der Waals surface area contributed by atoms with Gasteiger partial charge in [0.05, 0.1) is 0 Å². The molecule has 0 spiro atoms. The molecule has 0 fully saturated rings. The number of hydrogen-bond acceptors (Lipinski definition) is 4. The van der Waals surface area contributed by atoms with E-state index in [0.717, 1.165) is 12.0 Å². The molecule has 2 aromatic rings. The largest absolute Gasteiger partial charge is 0.477 e. The van der Waals surface area contributed by atoms with Gasteiger partial charge in [-0.25, -0.2) is 14.8 Å². The molecule has 2 rings (SSSR count). The molecule has 2 N–H and O–H groups in total. The maximum absolute atomic E-state index is 11.3. The third-order valence-corrected chi connectivity index (χ3v) is 3.13. The average Bonchev–Trinajstić information content (AvgIpc) is 2.45. The predicted octanol–water partition coefficient (Wildman–Crippen LogP) is 3.61. The summed E-state index contributed by atoms with van der Waals surface area (Å²) in [5.74, 6) is -0.191. The van der Waals surface area contributed by atoms with Gasteiger partial charge in [-0.05, 0) is 32.8 Å². The first-order chi connectivity index (χ1) is 10.3. The molecule has 0 atom stereocenters. The molecular formula is C17H21N3O2. The molecule has 5 heteroatoms. The van der Waals surface area contributed by atoms with Crippen LogP contribution in [0.2, 0.25) is 0 Å². The smallest absolute Gasteiger partial charge is 0.341 e. The number of carboxylic acid groups (broad SMARTS) is 1. The Kier molecular flexibility index (Phi) is 4.45. The minimum atomic E-state index is -1.04. The fourth-order valence-corrected chi connectivity index (χ4v) is 2.02. The molecule has 5 nitrogen and oxygen atoms in total. The molecular weight excluding hydrogens is 278 g/mol. The molecule has 0 unspecified atom stereocenters. The van der Waals surface area contributed by atoms with Gasteiger partial charge in [0.25, 0.3) is 0 Å². The molecule has 1 aromatic carbocycles. The molecule has 1 heterocycles. The van der Waals surface area contributed by atoms with Crippen LogP contribution >= 0.6 is 0 Å². The average molecular weight is 299 g/mol. The van der Waals surface area contributed by atoms with Crippen molar-refractivity contribution >= 4 is 11.8 Å². The van der Waals surface area contributed by atoms with Crippen molar-refractivity contribution in [1.29, 1.82) is 0 Å². The summed E-state index contributed by atoms with van der Waals surface area (Å²) in [5.41, 5.74) is 1.89. The quantitative estimate of drug-likeness (QED) is 0.902. The van der Waals surface area contributed by atoms with E-state index in [-0.39, 0.29) is 11.1 Å². The lowest BCUT2D eigenvalue weighted by Crippen LogP contribution is -2.28. The van der Waals surface area contributed by atoms with E-state index in [1.807, 2.05) is 45.0 Å². The summed E-state index contributed by atoms with van der Waals surface area (Å²) in [7, 11) is 0. The SMILES string of the molecule is CCc1ccc(-c2ncc(C(=O)O)c(NC(C)(C)C)n2)cc1. The van der Waals surface area contributed by atoms with E-state index in [0.29, 0.717) is 11.6 Å². The van der Waals surface area contributed by atoms with E-state index in [2.05, 4.69) is 22.2 Å². The predicted molar refractivity (Wildman–Crippen MR) is 87.2 cm³/mol. The van der Waals surface area contributed by atoms with Crippen LogP contribution in [0, 0.1) is 0 Å². The van der Waals surface area contributed by atoms with Gasteiger partial charge in [0.2, 0.25) is 0 Å². The molecule has 0 saturated heterocycles. The zero-order valence-corrected chi connectivity index (χ0v) is 13.3. The highest BCUT2D eigenvalue weighted by Crippen LogP contribution is 2.22. The monoisotopic (exact) mass is 299 g/mol. The molecule has 0 amide bonds. The van der Waals surface area contributed by atoms with Crippen LogP contribution in [-0.2, 0) is 6.42 Å². The highest BCUT2D eigenvalue weighted by atomic mass is 16.4. The van der Waals surface area contributed by atoms with Gasteiger partial charge in [0.15, 0.2) is 5.82 Å². The van der Waals surface area contributed by atoms with Crippen molar-refractivity contribution in [3.63, 3.8) is 0 Å². The first kappa shape index (κ1) is 15.9. The first-order valence-electron chi connectivity index (χ1n) is 7.28. The van der Waals surface area contributed by atoms with Gasteiger partial charge in [0, 0.05) is 17.3 Å². The lowest BCUT2D eigenvalue weighted by Gasteiger charge is -2.22. The first-order valence-corrected chi connectivity index (χ1v) is 7.28. The van der Waals surface area contributed by atoms with E-state index in [4.69, 9.17) is 0 Å². The minimum Gasteiger partial charge on any atom is -0.477 e. The van der Waals surface area contributed by atoms with Gasteiger partial charge < -0.3 is 10.4 Å². The third-order valence-electron chi connectivity index (χ3n) is 3.13. The van der Waals surface area contributed by atoms with Crippen LogP contribution in [0.4, 0.5) is 5.82 Å². The lowest BCUT2D eigenvalue weighted by molar-refractivity contribution is 0.0697. The maximum Gasteiger partial charge on any atom is 0.341 e. The van der Waals surface area contributed by atoms with Gasteiger partial charge in [-0.1, -0.05) is 31.2 Å². The molecule has 0 radical (unpaired) electrons. The number of carbonyl (C=O) groups is 1. The van der Waals surface area contributed by atoms with Crippen molar-refractivity contribution in [2.75, 3.05) is 5.32 Å². The Balaban J connectivity index is 2.44. The summed E-state index contributed by atoms with van der Waals surface area (Å²) in [6.07, 6.45) is 2.32. The number of hydrogen-bond donors (Lipinski definition) is 2. The Hall–Kier alpha value is -2.43. The van der Waals surface area contributed by atoms with Gasteiger partial charge in [0.1, 0.15) is 11.4 Å². The molecule has 0 saturated carbocycles. The zero-order chi connectivity index (χ0) is 16.3. The van der Waals surface area contributed by atoms with Crippen molar-refractivity contribution in [2.24, 2.45) is 0 Å². The van der Waals surface area contributed by atoms with Crippen LogP contribution in [0.3, 0.4) is 0 Å². The van der Waals surface area contributed by atoms with E-state index < -0.39 is 5.97 Å². The van der Waals surface area contributed by atoms with Crippen LogP contribution in [-0.4, -0.2) is 26.6 Å². The van der Waals surface area contributed by atoms with Crippen LogP contribution in [0.5, 0.6) is 0 Å². The third kappa shape index (κ3) is 3.81. The highest BCUT2D eigenvalue weighted by molar-refractivity contribution is 5.93. The molecule has 0 aliphatic rings. The fourth-order valence-electron chi connectivity index (χ4n) is 2.02. The molecule has 116 valence electrons. The summed E-state index contributed by atoms with van der Waals surface area (Å²) < 4.78 is 0. The number of nitrogens with zero attached hydrogens (tertiary/aromatic N) is 2. The van der Waals surface area contributed by atoms with Crippen LogP contribution < -0.4 is 5.32 Å².